The number of benzene rings is 3. The summed E-state index contributed by atoms with van der Waals surface area (Å²) < 4.78 is 5.49. The van der Waals surface area contributed by atoms with E-state index in [1.165, 1.54) is 13.8 Å². The molecule has 154 valence electrons. The van der Waals surface area contributed by atoms with Crippen molar-refractivity contribution in [1.82, 2.24) is 0 Å². The maximum Gasteiger partial charge on any atom is 0.347 e. The van der Waals surface area contributed by atoms with Crippen LogP contribution < -0.4 is 10.1 Å². The molecule has 0 saturated heterocycles. The van der Waals surface area contributed by atoms with E-state index in [0.717, 1.165) is 22.4 Å². The molecule has 1 amide bonds. The van der Waals surface area contributed by atoms with Crippen LogP contribution in [0.15, 0.2) is 78.9 Å². The van der Waals surface area contributed by atoms with Gasteiger partial charge in [-0.25, -0.2) is 4.79 Å². The molecule has 5 nitrogen and oxygen atoms in total. The molecular formula is C25H25NO4. The molecule has 0 unspecified atom stereocenters. The zero-order valence-electron chi connectivity index (χ0n) is 17.1. The molecule has 0 aliphatic heterocycles. The SMILES string of the molecule is CC(C)(Oc1ccc(CCC(=O)Nc2cccc(-c3ccccc3)c2)cc1)C(=O)O. The van der Waals surface area contributed by atoms with Crippen LogP contribution in [0.5, 0.6) is 5.75 Å². The highest BCUT2D eigenvalue weighted by Gasteiger charge is 2.29. The first-order valence-electron chi connectivity index (χ1n) is 9.80. The Morgan fingerprint density at radius 1 is 0.900 bits per heavy atom. The molecule has 0 aliphatic rings. The van der Waals surface area contributed by atoms with Gasteiger partial charge in [-0.1, -0.05) is 54.6 Å². The average Bonchev–Trinajstić information content (AvgIpc) is 2.74. The molecule has 3 rings (SSSR count). The van der Waals surface area contributed by atoms with Gasteiger partial charge in [-0.3, -0.25) is 4.79 Å². The Morgan fingerprint density at radius 2 is 1.57 bits per heavy atom. The summed E-state index contributed by atoms with van der Waals surface area (Å²) in [6.07, 6.45) is 0.920. The summed E-state index contributed by atoms with van der Waals surface area (Å²) in [6.45, 7) is 3.00. The number of carbonyl (C=O) groups excluding carboxylic acids is 1. The summed E-state index contributed by atoms with van der Waals surface area (Å²) in [5.41, 5.74) is 2.59. The van der Waals surface area contributed by atoms with Gasteiger partial charge in [0, 0.05) is 12.1 Å². The van der Waals surface area contributed by atoms with Crippen molar-refractivity contribution < 1.29 is 19.4 Å². The maximum absolute atomic E-state index is 12.4. The van der Waals surface area contributed by atoms with Gasteiger partial charge >= 0.3 is 5.97 Å². The number of hydrogen-bond donors (Lipinski definition) is 2. The van der Waals surface area contributed by atoms with Gasteiger partial charge in [0.05, 0.1) is 0 Å². The van der Waals surface area contributed by atoms with Crippen molar-refractivity contribution in [3.05, 3.63) is 84.4 Å². The Morgan fingerprint density at radius 3 is 2.23 bits per heavy atom. The number of nitrogens with one attached hydrogen (secondary N) is 1. The van der Waals surface area contributed by atoms with Crippen molar-refractivity contribution in [2.45, 2.75) is 32.3 Å². The molecule has 5 heteroatoms. The number of amides is 1. The molecule has 0 fully saturated rings. The fraction of sp³-hybridized carbons (Fsp3) is 0.200. The van der Waals surface area contributed by atoms with E-state index >= 15 is 0 Å². The van der Waals surface area contributed by atoms with Crippen molar-refractivity contribution in [3.8, 4) is 16.9 Å². The van der Waals surface area contributed by atoms with Gasteiger partial charge in [-0.2, -0.15) is 0 Å². The lowest BCUT2D eigenvalue weighted by Gasteiger charge is -2.21. The second kappa shape index (κ2) is 9.27. The van der Waals surface area contributed by atoms with Crippen LogP contribution in [0.1, 0.15) is 25.8 Å². The van der Waals surface area contributed by atoms with Crippen LogP contribution in [0, 0.1) is 0 Å². The predicted molar refractivity (Wildman–Crippen MR) is 118 cm³/mol. The molecule has 30 heavy (non-hydrogen) atoms. The minimum atomic E-state index is -1.30. The number of ether oxygens (including phenoxy) is 1. The van der Waals surface area contributed by atoms with E-state index < -0.39 is 11.6 Å². The Balaban J connectivity index is 1.54. The Kier molecular flexibility index (Phi) is 6.52. The van der Waals surface area contributed by atoms with Crippen molar-refractivity contribution in [2.75, 3.05) is 5.32 Å². The van der Waals surface area contributed by atoms with E-state index in [-0.39, 0.29) is 5.91 Å². The number of carbonyl (C=O) groups is 2. The van der Waals surface area contributed by atoms with Gasteiger partial charge in [-0.05, 0) is 61.2 Å². The van der Waals surface area contributed by atoms with E-state index in [0.29, 0.717) is 18.6 Å². The highest BCUT2D eigenvalue weighted by Crippen LogP contribution is 2.23. The van der Waals surface area contributed by atoms with Crippen LogP contribution in [-0.2, 0) is 16.0 Å². The normalized spacial score (nSPS) is 11.0. The summed E-state index contributed by atoms with van der Waals surface area (Å²) >= 11 is 0. The minimum absolute atomic E-state index is 0.0625. The molecule has 2 N–H and O–H groups in total. The molecule has 0 radical (unpaired) electrons. The summed E-state index contributed by atoms with van der Waals surface area (Å²) in [7, 11) is 0. The smallest absolute Gasteiger partial charge is 0.347 e. The number of aryl methyl sites for hydroxylation is 1. The minimum Gasteiger partial charge on any atom is -0.478 e. The first-order valence-corrected chi connectivity index (χ1v) is 9.80. The highest BCUT2D eigenvalue weighted by atomic mass is 16.5. The molecule has 0 atom stereocenters. The standard InChI is InChI=1S/C25H25NO4/c1-25(2,24(28)29)30-22-14-11-18(12-15-22)13-16-23(27)26-21-10-6-9-20(17-21)19-7-4-3-5-8-19/h3-12,14-15,17H,13,16H2,1-2H3,(H,26,27)(H,28,29). The molecule has 0 bridgehead atoms. The largest absolute Gasteiger partial charge is 0.478 e. The number of rotatable bonds is 8. The number of aliphatic carboxylic acids is 1. The van der Waals surface area contributed by atoms with Gasteiger partial charge in [0.25, 0.3) is 0 Å². The van der Waals surface area contributed by atoms with Crippen LogP contribution in [0.2, 0.25) is 0 Å². The van der Waals surface area contributed by atoms with Crippen LogP contribution in [-0.4, -0.2) is 22.6 Å². The third-order valence-corrected chi connectivity index (χ3v) is 4.71. The van der Waals surface area contributed by atoms with Crippen LogP contribution in [0.3, 0.4) is 0 Å². The fourth-order valence-corrected chi connectivity index (χ4v) is 2.95. The lowest BCUT2D eigenvalue weighted by atomic mass is 10.1. The number of hydrogen-bond acceptors (Lipinski definition) is 3. The van der Waals surface area contributed by atoms with Gasteiger partial charge in [0.15, 0.2) is 5.60 Å². The van der Waals surface area contributed by atoms with Crippen molar-refractivity contribution >= 4 is 17.6 Å². The Bertz CT molecular complexity index is 1010. The van der Waals surface area contributed by atoms with Gasteiger partial charge in [0.1, 0.15) is 5.75 Å². The topological polar surface area (TPSA) is 75.6 Å². The molecule has 0 heterocycles. The second-order valence-corrected chi connectivity index (χ2v) is 7.56. The van der Waals surface area contributed by atoms with E-state index in [1.54, 1.807) is 12.1 Å². The third kappa shape index (κ3) is 5.70. The predicted octanol–water partition coefficient (Wildman–Crippen LogP) is 5.17. The second-order valence-electron chi connectivity index (χ2n) is 7.56. The van der Waals surface area contributed by atoms with Gasteiger partial charge < -0.3 is 15.2 Å². The average molecular weight is 403 g/mol. The molecular weight excluding hydrogens is 378 g/mol. The number of carboxylic acids is 1. The summed E-state index contributed by atoms with van der Waals surface area (Å²) in [4.78, 5) is 23.5. The fourth-order valence-electron chi connectivity index (χ4n) is 2.95. The van der Waals surface area contributed by atoms with E-state index in [1.807, 2.05) is 66.7 Å². The highest BCUT2D eigenvalue weighted by molar-refractivity contribution is 5.91. The first kappa shape index (κ1) is 21.1. The van der Waals surface area contributed by atoms with Crippen molar-refractivity contribution in [1.29, 1.82) is 0 Å². The molecule has 0 saturated carbocycles. The molecule has 0 aliphatic carbocycles. The Labute approximate surface area is 176 Å². The summed E-state index contributed by atoms with van der Waals surface area (Å²) in [6, 6.07) is 24.9. The zero-order valence-corrected chi connectivity index (χ0v) is 17.1. The molecule has 3 aromatic rings. The van der Waals surface area contributed by atoms with Crippen molar-refractivity contribution in [2.24, 2.45) is 0 Å². The number of anilines is 1. The molecule has 0 spiro atoms. The monoisotopic (exact) mass is 403 g/mol. The third-order valence-electron chi connectivity index (χ3n) is 4.71. The molecule has 3 aromatic carbocycles. The van der Waals surface area contributed by atoms with E-state index in [4.69, 9.17) is 9.84 Å². The van der Waals surface area contributed by atoms with Crippen LogP contribution >= 0.6 is 0 Å². The lowest BCUT2D eigenvalue weighted by Crippen LogP contribution is -2.37. The first-order chi connectivity index (χ1) is 14.3. The van der Waals surface area contributed by atoms with E-state index in [9.17, 15) is 9.59 Å². The van der Waals surface area contributed by atoms with Gasteiger partial charge in [-0.15, -0.1) is 0 Å². The quantitative estimate of drug-likeness (QED) is 0.544. The van der Waals surface area contributed by atoms with Gasteiger partial charge in [0.2, 0.25) is 5.91 Å². The summed E-state index contributed by atoms with van der Waals surface area (Å²) in [5.74, 6) is -0.611. The van der Waals surface area contributed by atoms with Crippen molar-refractivity contribution in [3.63, 3.8) is 0 Å². The van der Waals surface area contributed by atoms with E-state index in [2.05, 4.69) is 5.32 Å². The maximum atomic E-state index is 12.4. The van der Waals surface area contributed by atoms with Crippen LogP contribution in [0.25, 0.3) is 11.1 Å². The Hall–Kier alpha value is -3.60. The zero-order chi connectivity index (χ0) is 21.6. The lowest BCUT2D eigenvalue weighted by molar-refractivity contribution is -0.152. The van der Waals surface area contributed by atoms with Crippen LogP contribution in [0.4, 0.5) is 5.69 Å². The number of carboxylic acid groups (broad SMARTS) is 1. The summed E-state index contributed by atoms with van der Waals surface area (Å²) in [5, 5.41) is 12.1. The molecule has 0 aromatic heterocycles.